The number of hydrogen-bond acceptors (Lipinski definition) is 15. The number of ether oxygens (including phenoxy) is 5. The molecule has 5 rings (SSSR count). The van der Waals surface area contributed by atoms with Crippen molar-refractivity contribution in [1.29, 1.82) is 0 Å². The van der Waals surface area contributed by atoms with Crippen molar-refractivity contribution in [3.8, 4) is 23.0 Å². The van der Waals surface area contributed by atoms with Crippen molar-refractivity contribution in [2.24, 2.45) is 28.8 Å². The van der Waals surface area contributed by atoms with Crippen molar-refractivity contribution < 1.29 is 68.4 Å². The van der Waals surface area contributed by atoms with Gasteiger partial charge in [-0.25, -0.2) is 0 Å². The van der Waals surface area contributed by atoms with Gasteiger partial charge in [-0.3, -0.25) is 14.4 Å². The first-order chi connectivity index (χ1) is 27.3. The molecule has 3 aliphatic rings. The molecule has 0 aromatic heterocycles. The lowest BCUT2D eigenvalue weighted by Crippen LogP contribution is -2.46. The van der Waals surface area contributed by atoms with E-state index in [1.54, 1.807) is 39.8 Å². The van der Waals surface area contributed by atoms with Crippen LogP contribution in [0, 0.1) is 30.6 Å². The Morgan fingerprint density at radius 1 is 0.966 bits per heavy atom. The number of rotatable bonds is 8. The molecule has 3 aliphatic heterocycles. The van der Waals surface area contributed by atoms with Crippen molar-refractivity contribution >= 4 is 40.3 Å². The number of esters is 1. The molecule has 0 saturated carbocycles. The van der Waals surface area contributed by atoms with E-state index in [1.807, 2.05) is 6.92 Å². The lowest BCUT2D eigenvalue weighted by Gasteiger charge is -2.38. The van der Waals surface area contributed by atoms with E-state index in [4.69, 9.17) is 28.5 Å². The predicted octanol–water partition coefficient (Wildman–Crippen LogP) is 5.14. The predicted molar refractivity (Wildman–Crippen MR) is 214 cm³/mol. The maximum Gasteiger partial charge on any atom is 0.312 e. The van der Waals surface area contributed by atoms with Crippen LogP contribution in [0.15, 0.2) is 41.3 Å². The standard InChI is InChI=1S/C42H56N2O14/c1-11-54-17-18-56-43-19-27-32-37(50)30-29(36(27)49)31-39(25(7)35(30)48)58-42(9,40(31)51)55-16-15-28(53-10)22(4)38(57-26(8)45)24(6)34(47)23(5)33(46)20(2)13-12-14-21(3)41(52)44-32/h12-16,19-20,22-24,28,33-34,38,46-50H,11,17-18H2,1-10H3,(H,44,52)/b13-12+,16-15+,21-14-,43-19+. The Hall–Kier alpha value is -5.16. The van der Waals surface area contributed by atoms with Crippen LogP contribution in [0.2, 0.25) is 0 Å². The topological polar surface area (TPSA) is 232 Å². The molecule has 0 fully saturated rings. The van der Waals surface area contributed by atoms with Gasteiger partial charge >= 0.3 is 11.8 Å². The number of aliphatic hydroxyl groups excluding tert-OH is 2. The molecule has 5 bridgehead atoms. The number of allylic oxidation sites excluding steroid dienone is 2. The third kappa shape index (κ3) is 9.25. The van der Waals surface area contributed by atoms with Crippen molar-refractivity contribution in [2.75, 3.05) is 32.2 Å². The van der Waals surface area contributed by atoms with Gasteiger partial charge in [-0.15, -0.1) is 0 Å². The van der Waals surface area contributed by atoms with Gasteiger partial charge in [-0.2, -0.15) is 0 Å². The number of carbonyl (C=O) groups is 3. The summed E-state index contributed by atoms with van der Waals surface area (Å²) in [7, 11) is 1.42. The molecule has 3 heterocycles. The number of fused-ring (bicyclic) bond motifs is 14. The molecule has 58 heavy (non-hydrogen) atoms. The minimum Gasteiger partial charge on any atom is -0.507 e. The van der Waals surface area contributed by atoms with Crippen LogP contribution < -0.4 is 10.1 Å². The Balaban J connectivity index is 1.95. The molecular formula is C42H56N2O14. The van der Waals surface area contributed by atoms with Gasteiger partial charge in [0.15, 0.2) is 5.75 Å². The van der Waals surface area contributed by atoms with E-state index in [2.05, 4.69) is 10.5 Å². The van der Waals surface area contributed by atoms with Gasteiger partial charge < -0.3 is 59.4 Å². The van der Waals surface area contributed by atoms with Gasteiger partial charge in [0.1, 0.15) is 30.0 Å². The van der Waals surface area contributed by atoms with E-state index in [0.29, 0.717) is 6.61 Å². The Morgan fingerprint density at radius 2 is 1.66 bits per heavy atom. The zero-order chi connectivity index (χ0) is 43.2. The first kappa shape index (κ1) is 45.5. The van der Waals surface area contributed by atoms with Crippen LogP contribution in [0.5, 0.6) is 23.0 Å². The maximum absolute atomic E-state index is 14.3. The number of methoxy groups -OCH3 is 1. The average Bonchev–Trinajstić information content (AvgIpc) is 3.45. The number of carbonyl (C=O) groups excluding carboxylic acids is 3. The lowest BCUT2D eigenvalue weighted by atomic mass is 9.78. The summed E-state index contributed by atoms with van der Waals surface area (Å²) in [5.41, 5.74) is -0.688. The van der Waals surface area contributed by atoms with Gasteiger partial charge in [0.05, 0.1) is 59.6 Å². The molecule has 318 valence electrons. The van der Waals surface area contributed by atoms with E-state index in [1.165, 1.54) is 53.2 Å². The number of hydrogen-bond donors (Lipinski definition) is 6. The highest BCUT2D eigenvalue weighted by molar-refractivity contribution is 6.23. The quantitative estimate of drug-likeness (QED) is 0.0506. The Labute approximate surface area is 337 Å². The number of amides is 1. The molecule has 6 N–H and O–H groups in total. The molecule has 0 saturated heterocycles. The molecular weight excluding hydrogens is 756 g/mol. The summed E-state index contributed by atoms with van der Waals surface area (Å²) in [6.07, 6.45) is 4.43. The number of benzene rings is 2. The molecule has 2 aromatic carbocycles. The Kier molecular flexibility index (Phi) is 15.0. The van der Waals surface area contributed by atoms with Gasteiger partial charge in [-0.1, -0.05) is 51.1 Å². The highest BCUT2D eigenvalue weighted by Crippen LogP contribution is 2.55. The zero-order valence-electron chi connectivity index (χ0n) is 34.6. The maximum atomic E-state index is 14.3. The largest absolute Gasteiger partial charge is 0.507 e. The number of Topliss-reactive ketones (excluding diaryl/α,β-unsaturated/α-hetero) is 1. The SMILES string of the molecule is CCOCCO/N=C/c1c2c(O)c3c(O)c(C)c4c(c3c1O)C(=O)C(C)(O/C=C/C(OC)C(C)C(OC(C)=O)C(C)C(O)C(C)C(O)C(C)/C=C/C=C(/C)C(=O)N2)O4. The Bertz CT molecular complexity index is 1990. The smallest absolute Gasteiger partial charge is 0.312 e. The molecule has 9 unspecified atom stereocenters. The molecule has 16 nitrogen and oxygen atoms in total. The fourth-order valence-electron chi connectivity index (χ4n) is 7.26. The number of anilines is 1. The summed E-state index contributed by atoms with van der Waals surface area (Å²) >= 11 is 0. The second kappa shape index (κ2) is 19.1. The molecule has 0 spiro atoms. The van der Waals surface area contributed by atoms with Crippen molar-refractivity contribution in [2.45, 2.75) is 92.5 Å². The van der Waals surface area contributed by atoms with E-state index in [9.17, 15) is 39.9 Å². The van der Waals surface area contributed by atoms with Crippen LogP contribution in [0.1, 0.15) is 76.9 Å². The lowest BCUT2D eigenvalue weighted by molar-refractivity contribution is -0.160. The number of aliphatic hydroxyl groups is 2. The summed E-state index contributed by atoms with van der Waals surface area (Å²) in [6.45, 7) is 14.9. The fourth-order valence-corrected chi connectivity index (χ4v) is 7.26. The van der Waals surface area contributed by atoms with Crippen LogP contribution in [0.25, 0.3) is 10.8 Å². The van der Waals surface area contributed by atoms with Crippen LogP contribution in [0.3, 0.4) is 0 Å². The second-order valence-corrected chi connectivity index (χ2v) is 14.9. The summed E-state index contributed by atoms with van der Waals surface area (Å²) in [5.74, 6) is -8.74. The highest BCUT2D eigenvalue weighted by atomic mass is 16.7. The Morgan fingerprint density at radius 3 is 2.29 bits per heavy atom. The summed E-state index contributed by atoms with van der Waals surface area (Å²) in [4.78, 5) is 45.5. The number of nitrogens with one attached hydrogen (secondary N) is 1. The van der Waals surface area contributed by atoms with Crippen LogP contribution in [-0.4, -0.2) is 107 Å². The van der Waals surface area contributed by atoms with Crippen LogP contribution in [0.4, 0.5) is 5.69 Å². The van der Waals surface area contributed by atoms with Crippen molar-refractivity contribution in [3.63, 3.8) is 0 Å². The van der Waals surface area contributed by atoms with Crippen molar-refractivity contribution in [1.82, 2.24) is 0 Å². The second-order valence-electron chi connectivity index (χ2n) is 14.9. The zero-order valence-corrected chi connectivity index (χ0v) is 34.6. The molecule has 2 aromatic rings. The normalized spacial score (nSPS) is 30.4. The van der Waals surface area contributed by atoms with E-state index < -0.39 is 88.8 Å². The number of ketones is 1. The monoisotopic (exact) mass is 812 g/mol. The molecule has 0 aliphatic carbocycles. The third-order valence-electron chi connectivity index (χ3n) is 10.8. The minimum absolute atomic E-state index is 0.0252. The minimum atomic E-state index is -2.07. The van der Waals surface area contributed by atoms with E-state index in [-0.39, 0.29) is 57.7 Å². The average molecular weight is 813 g/mol. The van der Waals surface area contributed by atoms with Crippen molar-refractivity contribution in [3.05, 3.63) is 52.8 Å². The number of aromatic hydroxyl groups is 3. The van der Waals surface area contributed by atoms with E-state index in [0.717, 1.165) is 6.21 Å². The van der Waals surface area contributed by atoms with Gasteiger partial charge in [0, 0.05) is 67.8 Å². The molecule has 1 amide bonds. The van der Waals surface area contributed by atoms with Crippen LogP contribution in [-0.2, 0) is 33.4 Å². The number of phenolic OH excluding ortho intramolecular Hbond substituents is 3. The highest BCUT2D eigenvalue weighted by Gasteiger charge is 2.50. The first-order valence-corrected chi connectivity index (χ1v) is 19.1. The van der Waals surface area contributed by atoms with E-state index >= 15 is 0 Å². The summed E-state index contributed by atoms with van der Waals surface area (Å²) in [6, 6.07) is 0. The first-order valence-electron chi connectivity index (χ1n) is 19.1. The van der Waals surface area contributed by atoms with Gasteiger partial charge in [0.25, 0.3) is 11.7 Å². The summed E-state index contributed by atoms with van der Waals surface area (Å²) < 4.78 is 28.7. The third-order valence-corrected chi connectivity index (χ3v) is 10.8. The van der Waals surface area contributed by atoms with Gasteiger partial charge in [0.2, 0.25) is 0 Å². The number of nitrogens with zero attached hydrogens (tertiary/aromatic N) is 1. The summed E-state index contributed by atoms with van der Waals surface area (Å²) in [5, 5.41) is 63.7. The van der Waals surface area contributed by atoms with Crippen LogP contribution >= 0.6 is 0 Å². The number of phenols is 3. The number of oxime groups is 1. The molecule has 9 atom stereocenters. The fraction of sp³-hybridized carbons (Fsp3) is 0.524. The molecule has 0 radical (unpaired) electrons. The van der Waals surface area contributed by atoms with Gasteiger partial charge in [-0.05, 0) is 26.8 Å². The molecule has 16 heteroatoms.